The number of carbonyl (C=O) groups is 1. The van der Waals surface area contributed by atoms with E-state index in [0.29, 0.717) is 12.2 Å². The molecule has 0 N–H and O–H groups in total. The fourth-order valence-electron chi connectivity index (χ4n) is 1.99. The van der Waals surface area contributed by atoms with Crippen LogP contribution in [0.15, 0.2) is 6.07 Å². The summed E-state index contributed by atoms with van der Waals surface area (Å²) in [4.78, 5) is 12.8. The van der Waals surface area contributed by atoms with E-state index in [9.17, 15) is 4.79 Å². The number of thiophene rings is 1. The number of esters is 1. The Morgan fingerprint density at radius 2 is 1.85 bits per heavy atom. The fraction of sp³-hybridized carbons (Fsp3) is 0.643. The lowest BCUT2D eigenvalue weighted by Crippen LogP contribution is -2.41. The Morgan fingerprint density at radius 1 is 1.30 bits per heavy atom. The summed E-state index contributed by atoms with van der Waals surface area (Å²) in [7, 11) is -0.424. The van der Waals surface area contributed by atoms with E-state index in [2.05, 4.69) is 0 Å². The first-order chi connectivity index (χ1) is 9.18. The first-order valence-corrected chi connectivity index (χ1v) is 7.62. The van der Waals surface area contributed by atoms with Gasteiger partial charge in [-0.25, -0.2) is 4.79 Å². The van der Waals surface area contributed by atoms with Crippen molar-refractivity contribution < 1.29 is 18.8 Å². The van der Waals surface area contributed by atoms with Crippen LogP contribution in [0.3, 0.4) is 0 Å². The summed E-state index contributed by atoms with van der Waals surface area (Å²) in [5.74, 6) is -0.288. The molecule has 1 fully saturated rings. The molecule has 6 heteroatoms. The van der Waals surface area contributed by atoms with Crippen molar-refractivity contribution in [3.8, 4) is 0 Å². The Morgan fingerprint density at radius 3 is 2.35 bits per heavy atom. The summed E-state index contributed by atoms with van der Waals surface area (Å²) >= 11 is 1.52. The lowest BCUT2D eigenvalue weighted by Gasteiger charge is -2.32. The van der Waals surface area contributed by atoms with Crippen LogP contribution in [-0.4, -0.2) is 30.9 Å². The van der Waals surface area contributed by atoms with E-state index in [1.807, 2.05) is 40.7 Å². The maximum absolute atomic E-state index is 11.9. The standard InChI is InChI=1S/C14H21BO4S/c1-7-17-12(16)10-8-11(20-9(10)2)15-18-13(3,4)14(5,6)19-15/h8H,7H2,1-6H3. The molecule has 0 saturated carbocycles. The molecule has 2 heterocycles. The number of aryl methyl sites for hydroxylation is 1. The van der Waals surface area contributed by atoms with Gasteiger partial charge in [0.05, 0.1) is 23.4 Å². The van der Waals surface area contributed by atoms with Gasteiger partial charge in [0, 0.05) is 9.65 Å². The highest BCUT2D eigenvalue weighted by atomic mass is 32.1. The highest BCUT2D eigenvalue weighted by Crippen LogP contribution is 2.37. The summed E-state index contributed by atoms with van der Waals surface area (Å²) in [5, 5.41) is 0. The van der Waals surface area contributed by atoms with E-state index < -0.39 is 7.12 Å². The second-order valence-electron chi connectivity index (χ2n) is 5.93. The molecule has 1 aromatic heterocycles. The largest absolute Gasteiger partial charge is 0.505 e. The third-order valence-electron chi connectivity index (χ3n) is 3.92. The van der Waals surface area contributed by atoms with Gasteiger partial charge in [0.1, 0.15) is 0 Å². The first kappa shape index (κ1) is 15.5. The van der Waals surface area contributed by atoms with Crippen LogP contribution in [0.2, 0.25) is 0 Å². The Bertz CT molecular complexity index is 505. The molecule has 1 aliphatic rings. The van der Waals surface area contributed by atoms with Crippen LogP contribution in [0.5, 0.6) is 0 Å². The zero-order chi connectivity index (χ0) is 15.1. The van der Waals surface area contributed by atoms with Crippen LogP contribution in [0.25, 0.3) is 0 Å². The van der Waals surface area contributed by atoms with Crippen LogP contribution in [-0.2, 0) is 14.0 Å². The van der Waals surface area contributed by atoms with Crippen LogP contribution < -0.4 is 4.78 Å². The van der Waals surface area contributed by atoms with Crippen molar-refractivity contribution in [1.82, 2.24) is 0 Å². The topological polar surface area (TPSA) is 44.8 Å². The summed E-state index contributed by atoms with van der Waals surface area (Å²) in [5.41, 5.74) is -0.152. The number of rotatable bonds is 3. The van der Waals surface area contributed by atoms with Crippen molar-refractivity contribution in [3.05, 3.63) is 16.5 Å². The molecule has 2 rings (SSSR count). The van der Waals surface area contributed by atoms with E-state index in [1.165, 1.54) is 11.3 Å². The molecule has 0 aliphatic carbocycles. The van der Waals surface area contributed by atoms with Crippen molar-refractivity contribution in [1.29, 1.82) is 0 Å². The summed E-state index contributed by atoms with van der Waals surface area (Å²) in [6.45, 7) is 12.1. The molecule has 4 nitrogen and oxygen atoms in total. The third kappa shape index (κ3) is 2.64. The molecule has 1 aliphatic heterocycles. The van der Waals surface area contributed by atoms with Crippen LogP contribution in [0, 0.1) is 6.92 Å². The Balaban J connectivity index is 2.24. The van der Waals surface area contributed by atoms with Crippen LogP contribution in [0.1, 0.15) is 49.9 Å². The molecule has 1 saturated heterocycles. The van der Waals surface area contributed by atoms with Crippen molar-refractivity contribution in [2.45, 2.75) is 52.7 Å². The summed E-state index contributed by atoms with van der Waals surface area (Å²) < 4.78 is 17.9. The molecular weight excluding hydrogens is 275 g/mol. The second kappa shape index (κ2) is 5.17. The molecule has 110 valence electrons. The molecule has 0 bridgehead atoms. The third-order valence-corrected chi connectivity index (χ3v) is 4.99. The molecule has 0 radical (unpaired) electrons. The van der Waals surface area contributed by atoms with Gasteiger partial charge in [0.25, 0.3) is 0 Å². The Labute approximate surface area is 124 Å². The van der Waals surface area contributed by atoms with Gasteiger partial charge in [-0.05, 0) is 47.6 Å². The number of carbonyl (C=O) groups excluding carboxylic acids is 1. The Hall–Kier alpha value is -0.845. The highest BCUT2D eigenvalue weighted by molar-refractivity contribution is 7.22. The van der Waals surface area contributed by atoms with E-state index in [1.54, 1.807) is 6.92 Å². The maximum Gasteiger partial charge on any atom is 0.505 e. The minimum absolute atomic E-state index is 0.288. The molecule has 1 aromatic rings. The average molecular weight is 296 g/mol. The smallest absolute Gasteiger partial charge is 0.462 e. The van der Waals surface area contributed by atoms with Crippen LogP contribution >= 0.6 is 11.3 Å². The number of ether oxygens (including phenoxy) is 1. The summed E-state index contributed by atoms with van der Waals surface area (Å²) in [6, 6.07) is 1.82. The van der Waals surface area contributed by atoms with E-state index in [-0.39, 0.29) is 17.2 Å². The Kier molecular flexibility index (Phi) is 4.02. The molecule has 0 amide bonds. The van der Waals surface area contributed by atoms with Gasteiger partial charge in [0.15, 0.2) is 0 Å². The lowest BCUT2D eigenvalue weighted by atomic mass is 9.87. The van der Waals surface area contributed by atoms with Gasteiger partial charge in [0.2, 0.25) is 0 Å². The number of hydrogen-bond donors (Lipinski definition) is 0. The van der Waals surface area contributed by atoms with Gasteiger partial charge < -0.3 is 14.0 Å². The zero-order valence-electron chi connectivity index (χ0n) is 12.9. The zero-order valence-corrected chi connectivity index (χ0v) is 13.7. The summed E-state index contributed by atoms with van der Waals surface area (Å²) in [6.07, 6.45) is 0. The van der Waals surface area contributed by atoms with Gasteiger partial charge in [-0.1, -0.05) is 0 Å². The minimum Gasteiger partial charge on any atom is -0.462 e. The molecular formula is C14H21BO4S. The average Bonchev–Trinajstić information content (AvgIpc) is 2.78. The van der Waals surface area contributed by atoms with E-state index >= 15 is 0 Å². The van der Waals surface area contributed by atoms with E-state index in [4.69, 9.17) is 14.0 Å². The lowest BCUT2D eigenvalue weighted by molar-refractivity contribution is 0.00578. The minimum atomic E-state index is -0.424. The number of hydrogen-bond acceptors (Lipinski definition) is 5. The highest BCUT2D eigenvalue weighted by Gasteiger charge is 2.52. The van der Waals surface area contributed by atoms with Crippen molar-refractivity contribution in [2.24, 2.45) is 0 Å². The van der Waals surface area contributed by atoms with Crippen molar-refractivity contribution in [3.63, 3.8) is 0 Å². The van der Waals surface area contributed by atoms with Crippen molar-refractivity contribution >= 4 is 29.2 Å². The van der Waals surface area contributed by atoms with Crippen molar-refractivity contribution in [2.75, 3.05) is 6.61 Å². The van der Waals surface area contributed by atoms with Gasteiger partial charge in [-0.2, -0.15) is 0 Å². The molecule has 20 heavy (non-hydrogen) atoms. The van der Waals surface area contributed by atoms with E-state index in [0.717, 1.165) is 9.65 Å². The normalized spacial score (nSPS) is 20.2. The van der Waals surface area contributed by atoms with Gasteiger partial charge >= 0.3 is 13.1 Å². The fourth-order valence-corrected chi connectivity index (χ4v) is 2.97. The van der Waals surface area contributed by atoms with Crippen LogP contribution in [0.4, 0.5) is 0 Å². The molecule has 0 aromatic carbocycles. The first-order valence-electron chi connectivity index (χ1n) is 6.81. The monoisotopic (exact) mass is 296 g/mol. The maximum atomic E-state index is 11.9. The predicted molar refractivity (Wildman–Crippen MR) is 80.7 cm³/mol. The predicted octanol–water partition coefficient (Wildman–Crippen LogP) is 2.53. The SMILES string of the molecule is CCOC(=O)c1cc(B2OC(C)(C)C(C)(C)O2)sc1C. The van der Waals surface area contributed by atoms with Gasteiger partial charge in [-0.3, -0.25) is 0 Å². The molecule has 0 atom stereocenters. The van der Waals surface area contributed by atoms with Gasteiger partial charge in [-0.15, -0.1) is 11.3 Å². The molecule has 0 spiro atoms. The molecule has 0 unspecified atom stereocenters. The quantitative estimate of drug-likeness (QED) is 0.635. The second-order valence-corrected chi connectivity index (χ2v) is 7.22.